The molecule has 1 rings (SSSR count). The Morgan fingerprint density at radius 2 is 1.83 bits per heavy atom. The van der Waals surface area contributed by atoms with E-state index in [1.54, 1.807) is 32.4 Å². The van der Waals surface area contributed by atoms with Crippen molar-refractivity contribution in [1.29, 1.82) is 0 Å². The third kappa shape index (κ3) is 3.63. The van der Waals surface area contributed by atoms with Gasteiger partial charge in [0.15, 0.2) is 0 Å². The van der Waals surface area contributed by atoms with Crippen LogP contribution in [-0.4, -0.2) is 26.7 Å². The van der Waals surface area contributed by atoms with Gasteiger partial charge in [-0.3, -0.25) is 4.79 Å². The number of nitrogens with one attached hydrogen (secondary N) is 1. The second kappa shape index (κ2) is 6.86. The summed E-state index contributed by atoms with van der Waals surface area (Å²) in [6, 6.07) is 4.77. The number of carbonyl (C=O) groups excluding carboxylic acids is 1. The quantitative estimate of drug-likeness (QED) is 0.765. The van der Waals surface area contributed by atoms with E-state index in [9.17, 15) is 4.79 Å². The lowest BCUT2D eigenvalue weighted by Gasteiger charge is -2.17. The molecule has 0 aliphatic heterocycles. The van der Waals surface area contributed by atoms with Gasteiger partial charge in [-0.2, -0.15) is 0 Å². The smallest absolute Gasteiger partial charge is 0.239 e. The Balaban J connectivity index is 3.05. The van der Waals surface area contributed by atoms with Crippen molar-refractivity contribution in [1.82, 2.24) is 5.32 Å². The lowest BCUT2D eigenvalue weighted by molar-refractivity contribution is -0.120. The zero-order valence-corrected chi connectivity index (χ0v) is 11.0. The van der Waals surface area contributed by atoms with Gasteiger partial charge >= 0.3 is 0 Å². The van der Waals surface area contributed by atoms with Gasteiger partial charge in [0.1, 0.15) is 17.5 Å². The molecule has 18 heavy (non-hydrogen) atoms. The number of methoxy groups -OCH3 is 2. The van der Waals surface area contributed by atoms with Gasteiger partial charge in [0.05, 0.1) is 14.2 Å². The molecular formula is C13H20N2O3. The number of amides is 1. The molecule has 0 aliphatic rings. The van der Waals surface area contributed by atoms with Crippen LogP contribution < -0.4 is 20.5 Å². The number of rotatable bonds is 7. The Hall–Kier alpha value is -1.75. The first-order chi connectivity index (χ1) is 8.62. The second-order valence-corrected chi connectivity index (χ2v) is 3.94. The zero-order chi connectivity index (χ0) is 13.5. The van der Waals surface area contributed by atoms with E-state index in [2.05, 4.69) is 5.32 Å². The molecule has 0 saturated carbocycles. The Morgan fingerprint density at radius 3 is 2.22 bits per heavy atom. The van der Waals surface area contributed by atoms with Crippen LogP contribution in [0.1, 0.15) is 24.9 Å². The van der Waals surface area contributed by atoms with Crippen LogP contribution in [-0.2, 0) is 4.79 Å². The van der Waals surface area contributed by atoms with Crippen LogP contribution in [0.3, 0.4) is 0 Å². The maximum Gasteiger partial charge on any atom is 0.239 e. The molecule has 3 N–H and O–H groups in total. The van der Waals surface area contributed by atoms with E-state index in [0.29, 0.717) is 18.0 Å². The summed E-state index contributed by atoms with van der Waals surface area (Å²) >= 11 is 0. The predicted molar refractivity (Wildman–Crippen MR) is 69.8 cm³/mol. The van der Waals surface area contributed by atoms with E-state index in [4.69, 9.17) is 15.2 Å². The minimum absolute atomic E-state index is 0.418. The monoisotopic (exact) mass is 252 g/mol. The molecule has 0 saturated heterocycles. The molecule has 1 atom stereocenters. The fourth-order valence-electron chi connectivity index (χ4n) is 1.67. The number of benzene rings is 1. The van der Waals surface area contributed by atoms with Crippen molar-refractivity contribution >= 4 is 5.91 Å². The minimum atomic E-state index is -0.533. The summed E-state index contributed by atoms with van der Waals surface area (Å²) in [6.45, 7) is 2.74. The number of nitrogens with two attached hydrogens (primary N) is 1. The van der Waals surface area contributed by atoms with Crippen molar-refractivity contribution in [2.45, 2.75) is 19.4 Å². The molecule has 1 unspecified atom stereocenters. The SMILES string of the molecule is CCCNC(C(N)=O)c1cc(OC)cc(OC)c1. The van der Waals surface area contributed by atoms with E-state index in [1.165, 1.54) is 0 Å². The molecule has 5 nitrogen and oxygen atoms in total. The van der Waals surface area contributed by atoms with Crippen LogP contribution in [0.15, 0.2) is 18.2 Å². The summed E-state index contributed by atoms with van der Waals surface area (Å²) in [6.07, 6.45) is 0.922. The number of primary amides is 1. The molecule has 0 bridgehead atoms. The topological polar surface area (TPSA) is 73.6 Å². The summed E-state index contributed by atoms with van der Waals surface area (Å²) in [5, 5.41) is 3.10. The van der Waals surface area contributed by atoms with Crippen LogP contribution in [0.4, 0.5) is 0 Å². The highest BCUT2D eigenvalue weighted by Gasteiger charge is 2.18. The number of hydrogen-bond acceptors (Lipinski definition) is 4. The average molecular weight is 252 g/mol. The Morgan fingerprint density at radius 1 is 1.28 bits per heavy atom. The molecule has 1 amide bonds. The first kappa shape index (κ1) is 14.3. The molecule has 1 aromatic rings. The Bertz CT molecular complexity index is 385. The van der Waals surface area contributed by atoms with Crippen LogP contribution in [0.2, 0.25) is 0 Å². The third-order valence-electron chi connectivity index (χ3n) is 2.59. The molecular weight excluding hydrogens is 232 g/mol. The van der Waals surface area contributed by atoms with Gasteiger partial charge < -0.3 is 20.5 Å². The summed E-state index contributed by atoms with van der Waals surface area (Å²) in [4.78, 5) is 11.5. The van der Waals surface area contributed by atoms with Crippen molar-refractivity contribution in [3.05, 3.63) is 23.8 Å². The van der Waals surface area contributed by atoms with Crippen LogP contribution >= 0.6 is 0 Å². The highest BCUT2D eigenvalue weighted by atomic mass is 16.5. The molecule has 0 spiro atoms. The van der Waals surface area contributed by atoms with Crippen molar-refractivity contribution < 1.29 is 14.3 Å². The molecule has 0 radical (unpaired) electrons. The molecule has 5 heteroatoms. The van der Waals surface area contributed by atoms with Gasteiger partial charge in [-0.15, -0.1) is 0 Å². The maximum atomic E-state index is 11.5. The number of carbonyl (C=O) groups is 1. The average Bonchev–Trinajstić information content (AvgIpc) is 2.38. The fourth-order valence-corrected chi connectivity index (χ4v) is 1.67. The van der Waals surface area contributed by atoms with Crippen molar-refractivity contribution in [2.75, 3.05) is 20.8 Å². The van der Waals surface area contributed by atoms with E-state index < -0.39 is 11.9 Å². The fraction of sp³-hybridized carbons (Fsp3) is 0.462. The third-order valence-corrected chi connectivity index (χ3v) is 2.59. The summed E-state index contributed by atoms with van der Waals surface area (Å²) in [5.41, 5.74) is 6.15. The molecule has 100 valence electrons. The molecule has 0 heterocycles. The molecule has 0 aliphatic carbocycles. The zero-order valence-electron chi connectivity index (χ0n) is 11.0. The van der Waals surface area contributed by atoms with Crippen LogP contribution in [0.25, 0.3) is 0 Å². The summed E-state index contributed by atoms with van der Waals surface area (Å²) in [7, 11) is 3.13. The van der Waals surface area contributed by atoms with Crippen molar-refractivity contribution in [3.63, 3.8) is 0 Å². The second-order valence-electron chi connectivity index (χ2n) is 3.94. The number of hydrogen-bond donors (Lipinski definition) is 2. The van der Waals surface area contributed by atoms with E-state index >= 15 is 0 Å². The van der Waals surface area contributed by atoms with Gasteiger partial charge in [0.2, 0.25) is 5.91 Å². The first-order valence-electron chi connectivity index (χ1n) is 5.88. The number of ether oxygens (including phenoxy) is 2. The summed E-state index contributed by atoms with van der Waals surface area (Å²) in [5.74, 6) is 0.849. The van der Waals surface area contributed by atoms with Gasteiger partial charge in [0.25, 0.3) is 0 Å². The van der Waals surface area contributed by atoms with Gasteiger partial charge in [-0.25, -0.2) is 0 Å². The van der Waals surface area contributed by atoms with Gasteiger partial charge in [0, 0.05) is 6.07 Å². The Labute approximate surface area is 107 Å². The Kier molecular flexibility index (Phi) is 5.45. The van der Waals surface area contributed by atoms with Crippen molar-refractivity contribution in [3.8, 4) is 11.5 Å². The van der Waals surface area contributed by atoms with E-state index in [1.807, 2.05) is 6.92 Å². The largest absolute Gasteiger partial charge is 0.497 e. The summed E-state index contributed by atoms with van der Waals surface area (Å²) < 4.78 is 10.3. The predicted octanol–water partition coefficient (Wildman–Crippen LogP) is 1.23. The van der Waals surface area contributed by atoms with Crippen LogP contribution in [0.5, 0.6) is 11.5 Å². The lowest BCUT2D eigenvalue weighted by Crippen LogP contribution is -2.34. The maximum absolute atomic E-state index is 11.5. The normalized spacial score (nSPS) is 11.9. The minimum Gasteiger partial charge on any atom is -0.497 e. The molecule has 0 aromatic heterocycles. The van der Waals surface area contributed by atoms with Gasteiger partial charge in [-0.1, -0.05) is 6.92 Å². The van der Waals surface area contributed by atoms with Gasteiger partial charge in [-0.05, 0) is 30.7 Å². The van der Waals surface area contributed by atoms with E-state index in [-0.39, 0.29) is 0 Å². The lowest BCUT2D eigenvalue weighted by atomic mass is 10.1. The van der Waals surface area contributed by atoms with Crippen LogP contribution in [0, 0.1) is 0 Å². The molecule has 0 fully saturated rings. The molecule has 1 aromatic carbocycles. The standard InChI is InChI=1S/C13H20N2O3/c1-4-5-15-12(13(14)16)9-6-10(17-2)8-11(7-9)18-3/h6-8,12,15H,4-5H2,1-3H3,(H2,14,16). The highest BCUT2D eigenvalue weighted by Crippen LogP contribution is 2.26. The van der Waals surface area contributed by atoms with E-state index in [0.717, 1.165) is 12.0 Å². The highest BCUT2D eigenvalue weighted by molar-refractivity contribution is 5.81. The first-order valence-corrected chi connectivity index (χ1v) is 5.88. The van der Waals surface area contributed by atoms with Crippen molar-refractivity contribution in [2.24, 2.45) is 5.73 Å².